The third-order valence-electron chi connectivity index (χ3n) is 4.47. The molecule has 0 aromatic heterocycles. The molecule has 3 heterocycles. The number of hydrogen-bond acceptors (Lipinski definition) is 6. The Labute approximate surface area is 134 Å². The van der Waals surface area contributed by atoms with Crippen molar-refractivity contribution in [2.45, 2.75) is 43.7 Å². The predicted octanol–water partition coefficient (Wildman–Crippen LogP) is -2.19. The van der Waals surface area contributed by atoms with Crippen LogP contribution in [0, 0.1) is 0 Å². The molecule has 3 saturated heterocycles. The van der Waals surface area contributed by atoms with Crippen LogP contribution in [0.15, 0.2) is 0 Å². The van der Waals surface area contributed by atoms with Gasteiger partial charge in [-0.25, -0.2) is 8.42 Å². The lowest BCUT2D eigenvalue weighted by molar-refractivity contribution is -0.129. The van der Waals surface area contributed by atoms with Gasteiger partial charge in [0.25, 0.3) is 0 Å². The zero-order valence-corrected chi connectivity index (χ0v) is 13.8. The maximum atomic E-state index is 12.3. The first-order chi connectivity index (χ1) is 10.8. The Bertz CT molecular complexity index is 609. The monoisotopic (exact) mass is 347 g/mol. The van der Waals surface area contributed by atoms with Gasteiger partial charge in [-0.05, 0) is 6.42 Å². The van der Waals surface area contributed by atoms with E-state index in [4.69, 9.17) is 9.47 Å². The van der Waals surface area contributed by atoms with Crippen LogP contribution in [0.2, 0.25) is 0 Å². The molecule has 10 heteroatoms. The van der Waals surface area contributed by atoms with Crippen molar-refractivity contribution in [1.82, 2.24) is 14.9 Å². The van der Waals surface area contributed by atoms with Crippen LogP contribution in [-0.2, 0) is 29.1 Å². The molecule has 3 rings (SSSR count). The van der Waals surface area contributed by atoms with Gasteiger partial charge in [-0.15, -0.1) is 0 Å². The average Bonchev–Trinajstić information content (AvgIpc) is 2.89. The third-order valence-corrected chi connectivity index (χ3v) is 5.76. The molecule has 3 fully saturated rings. The second-order valence-electron chi connectivity index (χ2n) is 6.20. The Morgan fingerprint density at radius 1 is 1.09 bits per heavy atom. The molecule has 3 aliphatic rings. The molecule has 23 heavy (non-hydrogen) atoms. The molecule has 5 atom stereocenters. The van der Waals surface area contributed by atoms with E-state index in [1.165, 1.54) is 11.2 Å². The lowest BCUT2D eigenvalue weighted by Gasteiger charge is -2.38. The number of fused-ring (bicyclic) bond motifs is 1. The number of nitrogens with zero attached hydrogens (tertiary/aromatic N) is 1. The summed E-state index contributed by atoms with van der Waals surface area (Å²) in [6, 6.07) is -1.22. The molecule has 0 bridgehead atoms. The van der Waals surface area contributed by atoms with Gasteiger partial charge in [0.05, 0.1) is 31.6 Å². The van der Waals surface area contributed by atoms with Gasteiger partial charge in [0.1, 0.15) is 18.2 Å². The third kappa shape index (κ3) is 3.21. The molecule has 0 saturated carbocycles. The maximum absolute atomic E-state index is 12.3. The first-order valence-corrected chi connectivity index (χ1v) is 9.39. The number of carbonyl (C=O) groups excluding carboxylic acids is 2. The van der Waals surface area contributed by atoms with Gasteiger partial charge in [-0.2, -0.15) is 4.31 Å². The molecule has 2 N–H and O–H groups in total. The Balaban J connectivity index is 1.58. The molecule has 0 spiro atoms. The van der Waals surface area contributed by atoms with E-state index >= 15 is 0 Å². The zero-order chi connectivity index (χ0) is 16.8. The SMILES string of the molecule is CC(=O)N[C@H]1CO[C@H]2[C@@H]1OC[C@@H]2NC(=O)C1CCN1S(C)(=O)=O. The Morgan fingerprint density at radius 2 is 1.65 bits per heavy atom. The van der Waals surface area contributed by atoms with Crippen LogP contribution >= 0.6 is 0 Å². The molecule has 0 aromatic rings. The Kier molecular flexibility index (Phi) is 4.34. The van der Waals surface area contributed by atoms with E-state index < -0.39 is 16.1 Å². The largest absolute Gasteiger partial charge is 0.371 e. The lowest BCUT2D eigenvalue weighted by atomic mass is 10.0. The summed E-state index contributed by atoms with van der Waals surface area (Å²) >= 11 is 0. The number of sulfonamides is 1. The highest BCUT2D eigenvalue weighted by molar-refractivity contribution is 7.88. The van der Waals surface area contributed by atoms with Crippen molar-refractivity contribution < 1.29 is 27.5 Å². The van der Waals surface area contributed by atoms with Crippen LogP contribution in [0.4, 0.5) is 0 Å². The highest BCUT2D eigenvalue weighted by atomic mass is 32.2. The van der Waals surface area contributed by atoms with Crippen LogP contribution < -0.4 is 10.6 Å². The molecular weight excluding hydrogens is 326 g/mol. The van der Waals surface area contributed by atoms with Crippen molar-refractivity contribution in [3.63, 3.8) is 0 Å². The van der Waals surface area contributed by atoms with Crippen LogP contribution in [0.25, 0.3) is 0 Å². The molecule has 9 nitrogen and oxygen atoms in total. The van der Waals surface area contributed by atoms with Gasteiger partial charge in [-0.1, -0.05) is 0 Å². The molecule has 0 aliphatic carbocycles. The van der Waals surface area contributed by atoms with Gasteiger partial charge >= 0.3 is 0 Å². The van der Waals surface area contributed by atoms with Crippen molar-refractivity contribution in [3.8, 4) is 0 Å². The molecule has 3 aliphatic heterocycles. The quantitative estimate of drug-likeness (QED) is 0.597. The fraction of sp³-hybridized carbons (Fsp3) is 0.846. The van der Waals surface area contributed by atoms with Crippen LogP contribution in [0.5, 0.6) is 0 Å². The molecule has 130 valence electrons. The standard InChI is InChI=1S/C13H21N3O6S/c1-7(17)14-8-5-21-12-9(6-22-11(8)12)15-13(18)10-3-4-16(10)23(2,19)20/h8-12H,3-6H2,1-2H3,(H,14,17)(H,15,18)/t8-,9-,10?,11+,12+/m0/s1. The lowest BCUT2D eigenvalue weighted by Crippen LogP contribution is -2.60. The fourth-order valence-electron chi connectivity index (χ4n) is 3.31. The number of ether oxygens (including phenoxy) is 2. The molecule has 1 unspecified atom stereocenters. The van der Waals surface area contributed by atoms with Gasteiger partial charge in [0.15, 0.2) is 0 Å². The first-order valence-electron chi connectivity index (χ1n) is 7.55. The topological polar surface area (TPSA) is 114 Å². The number of amides is 2. The molecule has 2 amide bonds. The summed E-state index contributed by atoms with van der Waals surface area (Å²) in [5.41, 5.74) is 0. The highest BCUT2D eigenvalue weighted by Gasteiger charge is 2.49. The minimum atomic E-state index is -3.37. The molecular formula is C13H21N3O6S. The van der Waals surface area contributed by atoms with Crippen molar-refractivity contribution in [2.24, 2.45) is 0 Å². The second kappa shape index (κ2) is 6.00. The summed E-state index contributed by atoms with van der Waals surface area (Å²) in [5.74, 6) is -0.490. The summed E-state index contributed by atoms with van der Waals surface area (Å²) in [7, 11) is -3.37. The van der Waals surface area contributed by atoms with Crippen molar-refractivity contribution in [1.29, 1.82) is 0 Å². The van der Waals surface area contributed by atoms with Gasteiger partial charge in [0.2, 0.25) is 21.8 Å². The van der Waals surface area contributed by atoms with Crippen molar-refractivity contribution in [2.75, 3.05) is 26.0 Å². The fourth-order valence-corrected chi connectivity index (χ4v) is 4.41. The smallest absolute Gasteiger partial charge is 0.238 e. The first kappa shape index (κ1) is 16.6. The van der Waals surface area contributed by atoms with E-state index in [-0.39, 0.29) is 42.7 Å². The van der Waals surface area contributed by atoms with Gasteiger partial charge < -0.3 is 20.1 Å². The summed E-state index contributed by atoms with van der Waals surface area (Å²) < 4.78 is 35.6. The van der Waals surface area contributed by atoms with E-state index in [0.717, 1.165) is 6.26 Å². The zero-order valence-electron chi connectivity index (χ0n) is 13.0. The maximum Gasteiger partial charge on any atom is 0.238 e. The van der Waals surface area contributed by atoms with Gasteiger partial charge in [-0.3, -0.25) is 9.59 Å². The minimum absolute atomic E-state index is 0.159. The second-order valence-corrected chi connectivity index (χ2v) is 8.13. The van der Waals surface area contributed by atoms with Crippen LogP contribution in [0.3, 0.4) is 0 Å². The van der Waals surface area contributed by atoms with Gasteiger partial charge in [0, 0.05) is 13.5 Å². The number of rotatable bonds is 4. The molecule has 0 radical (unpaired) electrons. The normalized spacial score (nSPS) is 37.0. The van der Waals surface area contributed by atoms with E-state index in [1.807, 2.05) is 0 Å². The highest BCUT2D eigenvalue weighted by Crippen LogP contribution is 2.28. The minimum Gasteiger partial charge on any atom is -0.371 e. The number of hydrogen-bond donors (Lipinski definition) is 2. The van der Waals surface area contributed by atoms with Crippen molar-refractivity contribution in [3.05, 3.63) is 0 Å². The van der Waals surface area contributed by atoms with Crippen molar-refractivity contribution >= 4 is 21.8 Å². The number of carbonyl (C=O) groups is 2. The van der Waals surface area contributed by atoms with Crippen LogP contribution in [0.1, 0.15) is 13.3 Å². The number of nitrogens with one attached hydrogen (secondary N) is 2. The van der Waals surface area contributed by atoms with E-state index in [2.05, 4.69) is 10.6 Å². The summed E-state index contributed by atoms with van der Waals surface area (Å²) in [5, 5.41) is 5.59. The summed E-state index contributed by atoms with van der Waals surface area (Å²) in [4.78, 5) is 23.4. The Morgan fingerprint density at radius 3 is 2.09 bits per heavy atom. The van der Waals surface area contributed by atoms with E-state index in [1.54, 1.807) is 0 Å². The Hall–Kier alpha value is -1.23. The van der Waals surface area contributed by atoms with E-state index in [0.29, 0.717) is 19.6 Å². The summed E-state index contributed by atoms with van der Waals surface area (Å²) in [6.07, 6.45) is 0.981. The predicted molar refractivity (Wildman–Crippen MR) is 79.0 cm³/mol. The average molecular weight is 347 g/mol. The van der Waals surface area contributed by atoms with Crippen LogP contribution in [-0.4, -0.2) is 80.9 Å². The van der Waals surface area contributed by atoms with E-state index in [9.17, 15) is 18.0 Å². The summed E-state index contributed by atoms with van der Waals surface area (Å²) in [6.45, 7) is 2.41. The molecule has 0 aromatic carbocycles.